The maximum atomic E-state index is 12.8. The van der Waals surface area contributed by atoms with Crippen LogP contribution in [0.2, 0.25) is 0 Å². The molecule has 2 saturated heterocycles. The number of carbonyl (C=O) groups is 1. The van der Waals surface area contributed by atoms with Gasteiger partial charge in [-0.25, -0.2) is 0 Å². The van der Waals surface area contributed by atoms with Gasteiger partial charge in [0.25, 0.3) is 0 Å². The molecule has 0 bridgehead atoms. The van der Waals surface area contributed by atoms with Gasteiger partial charge in [0, 0.05) is 30.5 Å². The van der Waals surface area contributed by atoms with Gasteiger partial charge < -0.3 is 15.1 Å². The lowest BCUT2D eigenvalue weighted by molar-refractivity contribution is -0.137. The van der Waals surface area contributed by atoms with E-state index in [1.54, 1.807) is 13.0 Å². The Balaban J connectivity index is 1.55. The molecule has 1 aromatic carbocycles. The number of aromatic nitrogens is 2. The average Bonchev–Trinajstić information content (AvgIpc) is 3.07. The fourth-order valence-corrected chi connectivity index (χ4v) is 4.42. The van der Waals surface area contributed by atoms with Gasteiger partial charge in [-0.3, -0.25) is 4.79 Å². The topological polar surface area (TPSA) is 86.5 Å². The molecule has 1 aromatic heterocycles. The van der Waals surface area contributed by atoms with Gasteiger partial charge in [-0.1, -0.05) is 0 Å². The quantitative estimate of drug-likeness (QED) is 0.791. The molecule has 0 spiro atoms. The van der Waals surface area contributed by atoms with E-state index in [0.717, 1.165) is 31.4 Å². The summed E-state index contributed by atoms with van der Waals surface area (Å²) < 4.78 is 38.4. The van der Waals surface area contributed by atoms with Crippen molar-refractivity contribution in [3.8, 4) is 17.0 Å². The van der Waals surface area contributed by atoms with Crippen molar-refractivity contribution in [2.45, 2.75) is 50.9 Å². The molecular weight excluding hydrogens is 399 g/mol. The summed E-state index contributed by atoms with van der Waals surface area (Å²) in [5.74, 6) is -0.573. The Hall–Kier alpha value is -2.68. The summed E-state index contributed by atoms with van der Waals surface area (Å²) in [7, 11) is 0. The zero-order valence-corrected chi connectivity index (χ0v) is 16.4. The van der Waals surface area contributed by atoms with Crippen LogP contribution in [0.25, 0.3) is 11.3 Å². The number of fused-ring (bicyclic) bond motifs is 1. The summed E-state index contributed by atoms with van der Waals surface area (Å²) in [4.78, 5) is 13.8. The second kappa shape index (κ2) is 7.54. The second-order valence-corrected chi connectivity index (χ2v) is 8.05. The summed E-state index contributed by atoms with van der Waals surface area (Å²) in [6.45, 7) is 2.17. The lowest BCUT2D eigenvalue weighted by atomic mass is 9.87. The number of hydrogen-bond acceptors (Lipinski definition) is 5. The number of aromatic hydroxyl groups is 1. The first kappa shape index (κ1) is 20.6. The van der Waals surface area contributed by atoms with Gasteiger partial charge in [-0.05, 0) is 56.0 Å². The largest absolute Gasteiger partial charge is 0.507 e. The third-order valence-corrected chi connectivity index (χ3v) is 6.09. The zero-order valence-electron chi connectivity index (χ0n) is 16.4. The number of phenols is 1. The van der Waals surface area contributed by atoms with Crippen LogP contribution in [0.5, 0.6) is 5.75 Å². The molecule has 1 amide bonds. The van der Waals surface area contributed by atoms with Crippen LogP contribution in [0, 0.1) is 12.8 Å². The third kappa shape index (κ3) is 3.74. The van der Waals surface area contributed by atoms with Crippen molar-refractivity contribution in [3.05, 3.63) is 41.1 Å². The van der Waals surface area contributed by atoms with Gasteiger partial charge in [0.2, 0.25) is 5.91 Å². The number of aliphatic hydroxyl groups excluding tert-OH is 1. The minimum atomic E-state index is -4.56. The van der Waals surface area contributed by atoms with Gasteiger partial charge in [0.15, 0.2) is 0 Å². The molecule has 9 heteroatoms. The number of benzene rings is 1. The Morgan fingerprint density at radius 2 is 1.93 bits per heavy atom. The summed E-state index contributed by atoms with van der Waals surface area (Å²) in [5, 5.41) is 29.0. The van der Waals surface area contributed by atoms with E-state index in [1.165, 1.54) is 0 Å². The van der Waals surface area contributed by atoms with Crippen LogP contribution < -0.4 is 0 Å². The van der Waals surface area contributed by atoms with Crippen molar-refractivity contribution in [2.24, 2.45) is 5.92 Å². The number of carbonyl (C=O) groups excluding carboxylic acids is 1. The van der Waals surface area contributed by atoms with E-state index in [4.69, 9.17) is 0 Å². The van der Waals surface area contributed by atoms with Crippen molar-refractivity contribution in [1.29, 1.82) is 0 Å². The average molecular weight is 421 g/mol. The summed E-state index contributed by atoms with van der Waals surface area (Å²) in [6.07, 6.45) is -2.42. The first-order valence-electron chi connectivity index (χ1n) is 9.87. The Labute approximate surface area is 171 Å². The molecule has 4 rings (SSSR count). The van der Waals surface area contributed by atoms with Gasteiger partial charge in [-0.15, -0.1) is 5.10 Å². The van der Waals surface area contributed by atoms with E-state index < -0.39 is 23.6 Å². The SMILES string of the molecule is Cc1cc([C@H](O)[C@@H]2CC[C@H]3CCC(=O)N3C2)nnc1-c1ccc(C(F)(F)F)cc1O. The highest BCUT2D eigenvalue weighted by Gasteiger charge is 2.39. The van der Waals surface area contributed by atoms with Gasteiger partial charge in [-0.2, -0.15) is 18.3 Å². The van der Waals surface area contributed by atoms with Gasteiger partial charge in [0.05, 0.1) is 17.0 Å². The molecule has 2 fully saturated rings. The molecule has 0 aliphatic carbocycles. The number of aliphatic hydroxyl groups is 1. The van der Waals surface area contributed by atoms with Crippen LogP contribution in [-0.4, -0.2) is 43.8 Å². The number of nitrogens with zero attached hydrogens (tertiary/aromatic N) is 3. The summed E-state index contributed by atoms with van der Waals surface area (Å²) in [6, 6.07) is 4.58. The van der Waals surface area contributed by atoms with Crippen LogP contribution in [0.15, 0.2) is 24.3 Å². The highest BCUT2D eigenvalue weighted by molar-refractivity contribution is 5.79. The molecule has 0 saturated carbocycles. The van der Waals surface area contributed by atoms with Crippen molar-refractivity contribution in [2.75, 3.05) is 6.54 Å². The minimum absolute atomic E-state index is 0.118. The zero-order chi connectivity index (χ0) is 21.6. The minimum Gasteiger partial charge on any atom is -0.507 e. The molecule has 0 unspecified atom stereocenters. The Kier molecular flexibility index (Phi) is 5.17. The van der Waals surface area contributed by atoms with Crippen LogP contribution in [0.3, 0.4) is 0 Å². The predicted molar refractivity (Wildman–Crippen MR) is 101 cm³/mol. The molecule has 6 nitrogen and oxygen atoms in total. The van der Waals surface area contributed by atoms with Crippen LogP contribution >= 0.6 is 0 Å². The second-order valence-electron chi connectivity index (χ2n) is 8.05. The Morgan fingerprint density at radius 1 is 1.17 bits per heavy atom. The normalized spacial score (nSPS) is 22.8. The lowest BCUT2D eigenvalue weighted by Crippen LogP contribution is -2.43. The molecule has 2 N–H and O–H groups in total. The standard InChI is InChI=1S/C21H22F3N3O3/c1-11-8-16(20(30)12-2-4-14-5-7-18(29)27(14)10-12)25-26-19(11)15-6-3-13(9-17(15)28)21(22,23)24/h3,6,8-9,12,14,20,28,30H,2,4-5,7,10H2,1H3/t12-,14+,20-/m1/s1. The maximum Gasteiger partial charge on any atom is 0.416 e. The Morgan fingerprint density at radius 3 is 2.60 bits per heavy atom. The molecule has 2 aliphatic rings. The monoisotopic (exact) mass is 421 g/mol. The van der Waals surface area contributed by atoms with E-state index in [1.807, 2.05) is 4.90 Å². The number of amides is 1. The molecule has 2 aliphatic heterocycles. The molecule has 30 heavy (non-hydrogen) atoms. The number of hydrogen-bond donors (Lipinski definition) is 2. The number of aryl methyl sites for hydroxylation is 1. The van der Waals surface area contributed by atoms with E-state index in [9.17, 15) is 28.2 Å². The molecule has 160 valence electrons. The van der Waals surface area contributed by atoms with Crippen LogP contribution in [0.1, 0.15) is 48.6 Å². The predicted octanol–water partition coefficient (Wildman–Crippen LogP) is 3.61. The molecule has 3 heterocycles. The maximum absolute atomic E-state index is 12.8. The van der Waals surface area contributed by atoms with Gasteiger partial charge in [0.1, 0.15) is 11.9 Å². The molecule has 0 radical (unpaired) electrons. The number of piperidine rings is 1. The fourth-order valence-electron chi connectivity index (χ4n) is 4.42. The van der Waals surface area contributed by atoms with E-state index in [2.05, 4.69) is 10.2 Å². The highest BCUT2D eigenvalue weighted by atomic mass is 19.4. The Bertz CT molecular complexity index is 980. The molecular formula is C21H22F3N3O3. The summed E-state index contributed by atoms with van der Waals surface area (Å²) >= 11 is 0. The van der Waals surface area contributed by atoms with Crippen molar-refractivity contribution in [3.63, 3.8) is 0 Å². The van der Waals surface area contributed by atoms with Crippen molar-refractivity contribution < 1.29 is 28.2 Å². The fraction of sp³-hybridized carbons (Fsp3) is 0.476. The molecule has 2 aromatic rings. The number of rotatable bonds is 3. The number of alkyl halides is 3. The van der Waals surface area contributed by atoms with E-state index >= 15 is 0 Å². The van der Waals surface area contributed by atoms with Crippen LogP contribution in [-0.2, 0) is 11.0 Å². The first-order valence-corrected chi connectivity index (χ1v) is 9.87. The van der Waals surface area contributed by atoms with E-state index in [-0.39, 0.29) is 29.1 Å². The van der Waals surface area contributed by atoms with Crippen LogP contribution in [0.4, 0.5) is 13.2 Å². The van der Waals surface area contributed by atoms with Crippen molar-refractivity contribution in [1.82, 2.24) is 15.1 Å². The highest BCUT2D eigenvalue weighted by Crippen LogP contribution is 2.38. The lowest BCUT2D eigenvalue weighted by Gasteiger charge is -2.37. The summed E-state index contributed by atoms with van der Waals surface area (Å²) in [5.41, 5.74) is 0.346. The third-order valence-electron chi connectivity index (χ3n) is 6.09. The number of halogens is 3. The molecule has 3 atom stereocenters. The van der Waals surface area contributed by atoms with Crippen molar-refractivity contribution >= 4 is 5.91 Å². The van der Waals surface area contributed by atoms with E-state index in [0.29, 0.717) is 30.3 Å². The van der Waals surface area contributed by atoms with Gasteiger partial charge >= 0.3 is 6.18 Å². The first-order chi connectivity index (χ1) is 14.1. The smallest absolute Gasteiger partial charge is 0.416 e. The number of phenolic OH excluding ortho intramolecular Hbond substituents is 1.